The lowest BCUT2D eigenvalue weighted by molar-refractivity contribution is 0.628. The summed E-state index contributed by atoms with van der Waals surface area (Å²) in [6, 6.07) is 9.91. The van der Waals surface area contributed by atoms with Crippen molar-refractivity contribution < 1.29 is 4.39 Å². The molecule has 2 aromatic carbocycles. The summed E-state index contributed by atoms with van der Waals surface area (Å²) in [6.45, 7) is 0.526. The van der Waals surface area contributed by atoms with Crippen molar-refractivity contribution in [3.05, 3.63) is 62.8 Å². The van der Waals surface area contributed by atoms with Gasteiger partial charge < -0.3 is 5.32 Å². The molecule has 1 N–H and O–H groups in total. The van der Waals surface area contributed by atoms with E-state index < -0.39 is 5.82 Å². The molecule has 0 bridgehead atoms. The number of rotatable bonds is 3. The molecule has 18 heavy (non-hydrogen) atoms. The lowest BCUT2D eigenvalue weighted by Gasteiger charge is -2.08. The minimum absolute atomic E-state index is 0.107. The van der Waals surface area contributed by atoms with E-state index in [1.54, 1.807) is 18.2 Å². The van der Waals surface area contributed by atoms with Crippen molar-refractivity contribution in [2.24, 2.45) is 0 Å². The molecule has 94 valence electrons. The van der Waals surface area contributed by atoms with Crippen LogP contribution < -0.4 is 5.32 Å². The largest absolute Gasteiger partial charge is 0.381 e. The quantitative estimate of drug-likeness (QED) is 0.800. The fraction of sp³-hybridized carbons (Fsp3) is 0.0769. The highest BCUT2D eigenvalue weighted by Gasteiger charge is 2.02. The average Bonchev–Trinajstić information content (AvgIpc) is 2.35. The molecule has 0 saturated carbocycles. The molecule has 0 atom stereocenters. The second-order valence-electron chi connectivity index (χ2n) is 3.73. The van der Waals surface area contributed by atoms with Gasteiger partial charge in [-0.15, -0.1) is 0 Å². The third kappa shape index (κ3) is 3.29. The zero-order valence-corrected chi connectivity index (χ0v) is 11.5. The second-order valence-corrected chi connectivity index (χ2v) is 4.95. The first-order valence-corrected chi connectivity index (χ1v) is 6.32. The van der Waals surface area contributed by atoms with E-state index in [9.17, 15) is 4.39 Å². The SMILES string of the molecule is Fc1cc(NCc2ccc(Cl)c(Cl)c2)ccc1Cl. The van der Waals surface area contributed by atoms with Crippen molar-refractivity contribution in [1.29, 1.82) is 0 Å². The van der Waals surface area contributed by atoms with Crippen molar-refractivity contribution in [2.45, 2.75) is 6.54 Å². The smallest absolute Gasteiger partial charge is 0.143 e. The van der Waals surface area contributed by atoms with E-state index in [1.807, 2.05) is 6.07 Å². The molecule has 2 rings (SSSR count). The maximum Gasteiger partial charge on any atom is 0.143 e. The first-order valence-electron chi connectivity index (χ1n) is 5.19. The monoisotopic (exact) mass is 303 g/mol. The molecule has 2 aromatic rings. The van der Waals surface area contributed by atoms with Crippen LogP contribution in [0.3, 0.4) is 0 Å². The zero-order valence-electron chi connectivity index (χ0n) is 9.18. The van der Waals surface area contributed by atoms with Crippen LogP contribution in [0.1, 0.15) is 5.56 Å². The lowest BCUT2D eigenvalue weighted by Crippen LogP contribution is -1.99. The first kappa shape index (κ1) is 13.5. The summed E-state index contributed by atoms with van der Waals surface area (Å²) in [5.74, 6) is -0.448. The van der Waals surface area contributed by atoms with E-state index in [2.05, 4.69) is 5.32 Å². The van der Waals surface area contributed by atoms with Gasteiger partial charge in [0.25, 0.3) is 0 Å². The summed E-state index contributed by atoms with van der Waals surface area (Å²) in [7, 11) is 0. The van der Waals surface area contributed by atoms with Crippen LogP contribution in [0.2, 0.25) is 15.1 Å². The fourth-order valence-corrected chi connectivity index (χ4v) is 1.90. The van der Waals surface area contributed by atoms with Gasteiger partial charge in [-0.05, 0) is 35.9 Å². The summed E-state index contributed by atoms with van der Waals surface area (Å²) in [6.07, 6.45) is 0. The normalized spacial score (nSPS) is 10.4. The zero-order chi connectivity index (χ0) is 13.1. The van der Waals surface area contributed by atoms with E-state index in [1.165, 1.54) is 12.1 Å². The highest BCUT2D eigenvalue weighted by atomic mass is 35.5. The van der Waals surface area contributed by atoms with Gasteiger partial charge in [-0.2, -0.15) is 0 Å². The molecule has 5 heteroatoms. The van der Waals surface area contributed by atoms with Gasteiger partial charge in [0.2, 0.25) is 0 Å². The molecule has 0 heterocycles. The number of hydrogen-bond donors (Lipinski definition) is 1. The molecule has 0 aliphatic carbocycles. The van der Waals surface area contributed by atoms with Gasteiger partial charge in [-0.1, -0.05) is 40.9 Å². The standard InChI is InChI=1S/C13H9Cl3FN/c14-10-3-1-8(5-12(10)16)7-18-9-2-4-11(15)13(17)6-9/h1-6,18H,7H2. The van der Waals surface area contributed by atoms with Crippen molar-refractivity contribution in [1.82, 2.24) is 0 Å². The Kier molecular flexibility index (Phi) is 4.33. The predicted molar refractivity (Wildman–Crippen MR) is 75.2 cm³/mol. The van der Waals surface area contributed by atoms with Gasteiger partial charge >= 0.3 is 0 Å². The summed E-state index contributed by atoms with van der Waals surface area (Å²) >= 11 is 17.3. The molecular weight excluding hydrogens is 296 g/mol. The van der Waals surface area contributed by atoms with Gasteiger partial charge in [0.1, 0.15) is 5.82 Å². The maximum absolute atomic E-state index is 13.2. The van der Waals surface area contributed by atoms with Crippen LogP contribution in [0.4, 0.5) is 10.1 Å². The van der Waals surface area contributed by atoms with Gasteiger partial charge in [0, 0.05) is 12.2 Å². The van der Waals surface area contributed by atoms with E-state index >= 15 is 0 Å². The molecule has 0 spiro atoms. The van der Waals surface area contributed by atoms with E-state index in [0.717, 1.165) is 5.56 Å². The fourth-order valence-electron chi connectivity index (χ4n) is 1.46. The third-order valence-electron chi connectivity index (χ3n) is 2.40. The van der Waals surface area contributed by atoms with Crippen LogP contribution in [0.25, 0.3) is 0 Å². The number of anilines is 1. The van der Waals surface area contributed by atoms with Gasteiger partial charge in [-0.25, -0.2) is 4.39 Å². The van der Waals surface area contributed by atoms with E-state index in [4.69, 9.17) is 34.8 Å². The Bertz CT molecular complexity index is 521. The molecule has 0 unspecified atom stereocenters. The molecule has 0 amide bonds. The van der Waals surface area contributed by atoms with Crippen molar-refractivity contribution in [3.63, 3.8) is 0 Å². The molecule has 0 saturated heterocycles. The Morgan fingerprint density at radius 1 is 0.889 bits per heavy atom. The molecule has 0 fully saturated rings. The van der Waals surface area contributed by atoms with Crippen LogP contribution in [-0.4, -0.2) is 0 Å². The van der Waals surface area contributed by atoms with E-state index in [-0.39, 0.29) is 5.02 Å². The highest BCUT2D eigenvalue weighted by molar-refractivity contribution is 6.42. The topological polar surface area (TPSA) is 12.0 Å². The Balaban J connectivity index is 2.06. The van der Waals surface area contributed by atoms with E-state index in [0.29, 0.717) is 22.3 Å². The van der Waals surface area contributed by atoms with Crippen LogP contribution in [0, 0.1) is 5.82 Å². The number of nitrogens with one attached hydrogen (secondary N) is 1. The molecule has 0 aromatic heterocycles. The lowest BCUT2D eigenvalue weighted by atomic mass is 10.2. The molecule has 1 nitrogen and oxygen atoms in total. The maximum atomic E-state index is 13.2. The minimum atomic E-state index is -0.448. The summed E-state index contributed by atoms with van der Waals surface area (Å²) in [5, 5.41) is 4.19. The third-order valence-corrected chi connectivity index (χ3v) is 3.45. The Morgan fingerprint density at radius 2 is 1.61 bits per heavy atom. The highest BCUT2D eigenvalue weighted by Crippen LogP contribution is 2.23. The number of benzene rings is 2. The van der Waals surface area contributed by atoms with Gasteiger partial charge in [0.05, 0.1) is 15.1 Å². The Hall–Kier alpha value is -0.960. The predicted octanol–water partition coefficient (Wildman–Crippen LogP) is 5.40. The van der Waals surface area contributed by atoms with Crippen LogP contribution >= 0.6 is 34.8 Å². The average molecular weight is 305 g/mol. The van der Waals surface area contributed by atoms with Crippen molar-refractivity contribution in [2.75, 3.05) is 5.32 Å². The first-order chi connectivity index (χ1) is 8.56. The van der Waals surface area contributed by atoms with Crippen LogP contribution in [-0.2, 0) is 6.54 Å². The van der Waals surface area contributed by atoms with Crippen LogP contribution in [0.5, 0.6) is 0 Å². The Morgan fingerprint density at radius 3 is 2.28 bits per heavy atom. The van der Waals surface area contributed by atoms with Crippen molar-refractivity contribution in [3.8, 4) is 0 Å². The van der Waals surface area contributed by atoms with Crippen molar-refractivity contribution >= 4 is 40.5 Å². The Labute approximate surface area is 119 Å². The molecule has 0 radical (unpaired) electrons. The molecular formula is C13H9Cl3FN. The minimum Gasteiger partial charge on any atom is -0.381 e. The molecule has 0 aliphatic heterocycles. The summed E-state index contributed by atoms with van der Waals surface area (Å²) in [5.41, 5.74) is 1.61. The summed E-state index contributed by atoms with van der Waals surface area (Å²) < 4.78 is 13.2. The van der Waals surface area contributed by atoms with Gasteiger partial charge in [0.15, 0.2) is 0 Å². The van der Waals surface area contributed by atoms with Gasteiger partial charge in [-0.3, -0.25) is 0 Å². The number of halogens is 4. The summed E-state index contributed by atoms with van der Waals surface area (Å²) in [4.78, 5) is 0. The number of hydrogen-bond acceptors (Lipinski definition) is 1. The van der Waals surface area contributed by atoms with Crippen LogP contribution in [0.15, 0.2) is 36.4 Å². The molecule has 0 aliphatic rings. The second kappa shape index (κ2) is 5.79.